The summed E-state index contributed by atoms with van der Waals surface area (Å²) in [5.74, 6) is 7.43. The average Bonchev–Trinajstić information content (AvgIpc) is 3.93. The number of unbranched alkanes of at least 4 members (excludes halogenated alkanes) is 1. The number of likely N-dealkylation sites (tertiary alicyclic amines) is 1. The standard InChI is InChI=1S/C63H103N5O2Se2/c1-7-45(23-24-46(47-34-39-64-40-35-47)33-38-63(3,8-2)62(69)65-44-70-6)48-36-42-68(43-37-48)41-14-13-20-53-49(27-31-58-66(4)56-29-25-51-16-9-11-21-54(51)60(56)71-58)18-15-19-50(53)28-32-59-67(5)57-30-26-52-17-10-12-22-55(52)61(57)72-59/h27-28,31-32,45-48,51-52,54-57,60-61,64H,7-26,29-30,33-44H2,1-6H3/p+1. The molecule has 9 rings (SSSR count). The van der Waals surface area contributed by atoms with Crippen LogP contribution in [-0.4, -0.2) is 128 Å². The molecule has 0 aromatic carbocycles. The Morgan fingerprint density at radius 2 is 1.51 bits per heavy atom. The van der Waals surface area contributed by atoms with Crippen LogP contribution < -0.4 is 10.6 Å². The fourth-order valence-electron chi connectivity index (χ4n) is 16.7. The van der Waals surface area contributed by atoms with E-state index in [1.54, 1.807) is 33.0 Å². The van der Waals surface area contributed by atoms with Crippen LogP contribution in [0.15, 0.2) is 45.6 Å². The Labute approximate surface area is 453 Å². The van der Waals surface area contributed by atoms with Crippen LogP contribution in [0.5, 0.6) is 0 Å². The molecule has 0 aromatic heterocycles. The molecule has 0 spiro atoms. The van der Waals surface area contributed by atoms with Crippen molar-refractivity contribution in [3.8, 4) is 0 Å². The van der Waals surface area contributed by atoms with Gasteiger partial charge in [-0.15, -0.1) is 0 Å². The first-order chi connectivity index (χ1) is 35.2. The van der Waals surface area contributed by atoms with Gasteiger partial charge in [0, 0.05) is 12.5 Å². The molecule has 72 heavy (non-hydrogen) atoms. The van der Waals surface area contributed by atoms with Gasteiger partial charge in [0.25, 0.3) is 0 Å². The zero-order chi connectivity index (χ0) is 50.0. The molecule has 3 saturated heterocycles. The summed E-state index contributed by atoms with van der Waals surface area (Å²) in [4.78, 5) is 20.8. The summed E-state index contributed by atoms with van der Waals surface area (Å²) in [7, 11) is 6.59. The quantitative estimate of drug-likeness (QED) is 0.0519. The summed E-state index contributed by atoms with van der Waals surface area (Å²) in [6.07, 6.45) is 48.5. The number of carbonyl (C=O) groups excluding carboxylic acids is 1. The van der Waals surface area contributed by atoms with E-state index in [1.165, 1.54) is 187 Å². The van der Waals surface area contributed by atoms with Crippen LogP contribution >= 0.6 is 0 Å². The van der Waals surface area contributed by atoms with Gasteiger partial charge in [-0.3, -0.25) is 4.79 Å². The molecular formula is C63H104N5O2Se2+. The number of allylic oxidation sites excluding steroid dienone is 7. The maximum absolute atomic E-state index is 13.2. The summed E-state index contributed by atoms with van der Waals surface area (Å²) in [6, 6.07) is 1.61. The molecule has 9 aliphatic rings. The topological polar surface area (TPSA) is 59.9 Å². The van der Waals surface area contributed by atoms with Gasteiger partial charge in [0.1, 0.15) is 6.73 Å². The minimum atomic E-state index is -0.321. The summed E-state index contributed by atoms with van der Waals surface area (Å²) in [6.45, 7) is 13.3. The Morgan fingerprint density at radius 3 is 2.25 bits per heavy atom. The maximum atomic E-state index is 13.2. The van der Waals surface area contributed by atoms with Crippen molar-refractivity contribution in [2.75, 3.05) is 60.7 Å². The first-order valence-corrected chi connectivity index (χ1v) is 34.5. The van der Waals surface area contributed by atoms with Crippen LogP contribution in [0.1, 0.15) is 201 Å². The van der Waals surface area contributed by atoms with Crippen molar-refractivity contribution in [1.29, 1.82) is 0 Å². The van der Waals surface area contributed by atoms with Crippen LogP contribution in [-0.2, 0) is 9.53 Å². The predicted octanol–water partition coefficient (Wildman–Crippen LogP) is 12.9. The molecule has 7 fully saturated rings. The summed E-state index contributed by atoms with van der Waals surface area (Å²) in [5, 5.41) is 6.67. The number of fused-ring (bicyclic) bond motifs is 6. The molecule has 4 heterocycles. The van der Waals surface area contributed by atoms with Gasteiger partial charge < -0.3 is 15.4 Å². The third-order valence-electron chi connectivity index (χ3n) is 21.6. The fourth-order valence-corrected chi connectivity index (χ4v) is 24.0. The number of carbonyl (C=O) groups is 1. The van der Waals surface area contributed by atoms with Crippen LogP contribution in [0.2, 0.25) is 9.63 Å². The molecule has 1 amide bonds. The number of amides is 1. The van der Waals surface area contributed by atoms with E-state index in [2.05, 4.69) is 84.2 Å². The fraction of sp³-hybridized carbons (Fsp3) is 0.841. The first kappa shape index (κ1) is 55.6. The van der Waals surface area contributed by atoms with E-state index >= 15 is 0 Å². The monoisotopic (exact) mass is 1120 g/mol. The number of ether oxygens (including phenoxy) is 1. The van der Waals surface area contributed by atoms with Crippen molar-refractivity contribution in [1.82, 2.24) is 20.4 Å². The third-order valence-corrected chi connectivity index (χ3v) is 28.4. The molecule has 4 saturated carbocycles. The minimum absolute atomic E-state index is 0.161. The van der Waals surface area contributed by atoms with E-state index in [0.717, 1.165) is 95.0 Å². The molecule has 5 aliphatic carbocycles. The summed E-state index contributed by atoms with van der Waals surface area (Å²) in [5.41, 5.74) is 4.76. The molecule has 4 aliphatic heterocycles. The first-order valence-electron chi connectivity index (χ1n) is 30.9. The van der Waals surface area contributed by atoms with Gasteiger partial charge in [0.15, 0.2) is 0 Å². The number of hydrogen-bond acceptors (Lipinski definition) is 5. The average molecular weight is 1120 g/mol. The number of piperidine rings is 2. The Morgan fingerprint density at radius 1 is 0.806 bits per heavy atom. The van der Waals surface area contributed by atoms with Gasteiger partial charge in [0.05, 0.1) is 0 Å². The number of nitrogens with zero attached hydrogens (tertiary/aromatic N) is 3. The second kappa shape index (κ2) is 26.9. The number of methoxy groups -OCH3 is 1. The van der Waals surface area contributed by atoms with Crippen LogP contribution in [0.25, 0.3) is 0 Å². The van der Waals surface area contributed by atoms with E-state index in [9.17, 15) is 4.79 Å². The second-order valence-electron chi connectivity index (χ2n) is 25.4. The van der Waals surface area contributed by atoms with Crippen LogP contribution in [0.3, 0.4) is 0 Å². The third kappa shape index (κ3) is 13.4. The van der Waals surface area contributed by atoms with E-state index in [4.69, 9.17) is 4.74 Å². The van der Waals surface area contributed by atoms with Gasteiger partial charge in [-0.05, 0) is 81.7 Å². The van der Waals surface area contributed by atoms with Gasteiger partial charge in [0.2, 0.25) is 5.91 Å². The molecule has 11 atom stereocenters. The Kier molecular flexibility index (Phi) is 20.8. The number of nitrogens with one attached hydrogen (secondary N) is 2. The van der Waals surface area contributed by atoms with Crippen LogP contribution in [0.4, 0.5) is 0 Å². The molecule has 9 heteroatoms. The molecule has 11 unspecified atom stereocenters. The van der Waals surface area contributed by atoms with Crippen molar-refractivity contribution in [3.05, 3.63) is 45.6 Å². The molecule has 0 bridgehead atoms. The Balaban J connectivity index is 0.816. The number of hydrogen-bond donors (Lipinski definition) is 2. The van der Waals surface area contributed by atoms with Gasteiger partial charge >= 0.3 is 302 Å². The van der Waals surface area contributed by atoms with Crippen molar-refractivity contribution in [3.63, 3.8) is 0 Å². The van der Waals surface area contributed by atoms with E-state index in [-0.39, 0.29) is 11.3 Å². The predicted molar refractivity (Wildman–Crippen MR) is 304 cm³/mol. The molecule has 2 N–H and O–H groups in total. The van der Waals surface area contributed by atoms with E-state index < -0.39 is 0 Å². The van der Waals surface area contributed by atoms with E-state index in [0.29, 0.717) is 36.6 Å². The zero-order valence-electron chi connectivity index (χ0n) is 46.8. The van der Waals surface area contributed by atoms with Gasteiger partial charge in [-0.2, -0.15) is 0 Å². The molecule has 7 nitrogen and oxygen atoms in total. The second-order valence-corrected chi connectivity index (χ2v) is 30.5. The molecule has 0 aromatic rings. The summed E-state index contributed by atoms with van der Waals surface area (Å²) >= 11 is 1.22. The SMILES string of the molecule is CCC(CCC(CCC(C)(CC)C(=O)NCOC)C1CCNCC1)C1CCN(CCCCC2=C(/C=C/C3=[N+](C)C4CCC5CCCCC5C4[Se]3)CCC/C2=C\C=C2/[Se]C3C4CCCCC4CCC3N2C)CC1. The number of rotatable bonds is 21. The summed E-state index contributed by atoms with van der Waals surface area (Å²) < 4.78 is 11.4. The Bertz CT molecular complexity index is 1930. The van der Waals surface area contributed by atoms with Crippen molar-refractivity contribution in [2.45, 2.75) is 222 Å². The van der Waals surface area contributed by atoms with E-state index in [1.807, 2.05) is 0 Å². The zero-order valence-corrected chi connectivity index (χ0v) is 50.2. The van der Waals surface area contributed by atoms with Gasteiger partial charge in [-0.1, -0.05) is 27.2 Å². The van der Waals surface area contributed by atoms with Crippen LogP contribution in [0, 0.1) is 52.8 Å². The molecular weight excluding hydrogens is 1020 g/mol. The molecule has 404 valence electrons. The van der Waals surface area contributed by atoms with Gasteiger partial charge in [-0.25, -0.2) is 0 Å². The Hall–Kier alpha value is -1.18. The normalized spacial score (nSPS) is 33.8. The van der Waals surface area contributed by atoms with Crippen molar-refractivity contribution >= 4 is 40.4 Å². The van der Waals surface area contributed by atoms with Crippen molar-refractivity contribution in [2.24, 2.45) is 52.8 Å². The van der Waals surface area contributed by atoms with Crippen molar-refractivity contribution < 1.29 is 14.1 Å². The molecule has 0 radical (unpaired) electrons.